The van der Waals surface area contributed by atoms with Crippen LogP contribution in [0.2, 0.25) is 0 Å². The molecule has 0 aliphatic carbocycles. The Kier molecular flexibility index (Phi) is 17.2. The van der Waals surface area contributed by atoms with E-state index in [2.05, 4.69) is 21.7 Å². The molecule has 6 rings (SSSR count). The molecule has 0 radical (unpaired) electrons. The second-order valence-electron chi connectivity index (χ2n) is 18.3. The number of nitrogens with one attached hydrogen (secondary N) is 2. The van der Waals surface area contributed by atoms with E-state index in [1.165, 1.54) is 9.80 Å². The number of benzene rings is 3. The number of aliphatic hydroxyl groups is 1. The second kappa shape index (κ2) is 22.8. The van der Waals surface area contributed by atoms with Crippen LogP contribution >= 0.6 is 23.6 Å². The van der Waals surface area contributed by atoms with Crippen molar-refractivity contribution in [2.45, 2.75) is 104 Å². The fourth-order valence-electron chi connectivity index (χ4n) is 8.02. The Morgan fingerprint density at radius 2 is 1.60 bits per heavy atom. The molecule has 3 aromatic carbocycles. The number of likely N-dealkylation sites (tertiary alicyclic amines) is 1. The lowest BCUT2D eigenvalue weighted by Gasteiger charge is -2.35. The van der Waals surface area contributed by atoms with Crippen LogP contribution in [0.1, 0.15) is 83.5 Å². The van der Waals surface area contributed by atoms with Gasteiger partial charge >= 0.3 is 0 Å². The maximum atomic E-state index is 13.9. The Labute approximate surface area is 402 Å². The number of aromatic nitrogens is 1. The van der Waals surface area contributed by atoms with Crippen molar-refractivity contribution < 1.29 is 38.5 Å². The number of aryl methyl sites for hydroxylation is 1. The Bertz CT molecular complexity index is 2390. The number of nitriles is 1. The summed E-state index contributed by atoms with van der Waals surface area (Å²) in [6.07, 6.45) is 2.44. The SMILES string of the molecule is Cc1ncsc1-c1ccc(CNC(=O)[C@@H]2C[C@@H](O)CN2C(=O)[C@@H](NC(=O)COCCCOCCCCCOc2ccc(N3C(=S)N(c4ccc(C#N)cc4)C(=O)C3(C)C)cc2)C(C)(C)C)cc1. The average molecular weight is 952 g/mol. The third kappa shape index (κ3) is 12.8. The van der Waals surface area contributed by atoms with Gasteiger partial charge in [-0.25, -0.2) is 4.98 Å². The van der Waals surface area contributed by atoms with E-state index in [-0.39, 0.29) is 37.9 Å². The number of carbonyl (C=O) groups is 4. The summed E-state index contributed by atoms with van der Waals surface area (Å²) in [5, 5.41) is 25.8. The maximum absolute atomic E-state index is 13.9. The minimum atomic E-state index is -0.948. The van der Waals surface area contributed by atoms with Crippen molar-refractivity contribution in [2.75, 3.05) is 49.4 Å². The smallest absolute Gasteiger partial charge is 0.259 e. The Morgan fingerprint density at radius 3 is 2.25 bits per heavy atom. The van der Waals surface area contributed by atoms with Crippen LogP contribution in [-0.2, 0) is 35.2 Å². The van der Waals surface area contributed by atoms with Gasteiger partial charge in [0.1, 0.15) is 30.0 Å². The van der Waals surface area contributed by atoms with Crippen LogP contribution in [0.25, 0.3) is 10.4 Å². The summed E-state index contributed by atoms with van der Waals surface area (Å²) >= 11 is 7.34. The fourth-order valence-corrected chi connectivity index (χ4v) is 9.35. The number of thiocarbonyl (C=S) groups is 1. The van der Waals surface area contributed by atoms with Crippen molar-refractivity contribution in [2.24, 2.45) is 5.41 Å². The number of hydrogen-bond acceptors (Lipinski definition) is 12. The summed E-state index contributed by atoms with van der Waals surface area (Å²) in [6, 6.07) is 22.4. The first-order valence-electron chi connectivity index (χ1n) is 22.6. The van der Waals surface area contributed by atoms with E-state index in [0.717, 1.165) is 46.6 Å². The first kappa shape index (κ1) is 50.6. The van der Waals surface area contributed by atoms with Gasteiger partial charge in [-0.15, -0.1) is 11.3 Å². The lowest BCUT2D eigenvalue weighted by molar-refractivity contribution is -0.144. The molecule has 2 aliphatic rings. The number of aliphatic hydroxyl groups excluding tert-OH is 1. The highest BCUT2D eigenvalue weighted by Gasteiger charge is 2.50. The normalized spacial score (nSPS) is 17.4. The van der Waals surface area contributed by atoms with E-state index >= 15 is 0 Å². The quantitative estimate of drug-likeness (QED) is 0.0595. The molecule has 67 heavy (non-hydrogen) atoms. The third-order valence-electron chi connectivity index (χ3n) is 11.7. The van der Waals surface area contributed by atoms with Gasteiger partial charge in [-0.1, -0.05) is 45.0 Å². The number of β-amino-alcohol motifs (C(OH)–C–C–N with tert-alkyl or cyclic N) is 1. The summed E-state index contributed by atoms with van der Waals surface area (Å²) in [4.78, 5) is 63.9. The van der Waals surface area contributed by atoms with E-state index in [1.54, 1.807) is 35.6 Å². The summed E-state index contributed by atoms with van der Waals surface area (Å²) in [7, 11) is 0. The van der Waals surface area contributed by atoms with Gasteiger partial charge in [0.2, 0.25) is 17.7 Å². The monoisotopic (exact) mass is 951 g/mol. The molecule has 3 N–H and O–H groups in total. The van der Waals surface area contributed by atoms with Gasteiger partial charge < -0.3 is 39.8 Å². The minimum Gasteiger partial charge on any atom is -0.494 e. The topological polar surface area (TPSA) is 187 Å². The van der Waals surface area contributed by atoms with Gasteiger partial charge in [0, 0.05) is 45.0 Å². The van der Waals surface area contributed by atoms with E-state index in [9.17, 15) is 24.3 Å². The van der Waals surface area contributed by atoms with Crippen LogP contribution in [-0.4, -0.2) is 107 Å². The van der Waals surface area contributed by atoms with Gasteiger partial charge in [0.05, 0.1) is 46.1 Å². The summed E-state index contributed by atoms with van der Waals surface area (Å²) in [5.74, 6) is -0.691. The molecule has 1 aromatic heterocycles. The van der Waals surface area contributed by atoms with Crippen LogP contribution < -0.4 is 25.2 Å². The van der Waals surface area contributed by atoms with Gasteiger partial charge in [-0.3, -0.25) is 24.1 Å². The Balaban J connectivity index is 0.837. The average Bonchev–Trinajstić information content (AvgIpc) is 3.97. The largest absolute Gasteiger partial charge is 0.494 e. The molecule has 2 saturated heterocycles. The molecule has 356 valence electrons. The number of rotatable bonds is 21. The zero-order valence-corrected chi connectivity index (χ0v) is 40.7. The second-order valence-corrected chi connectivity index (χ2v) is 19.6. The van der Waals surface area contributed by atoms with E-state index < -0.39 is 41.0 Å². The molecule has 0 unspecified atom stereocenters. The molecule has 3 atom stereocenters. The number of nitrogens with zero attached hydrogens (tertiary/aromatic N) is 5. The number of unbranched alkanes of at least 4 members (excludes halogenated alkanes) is 2. The lowest BCUT2D eigenvalue weighted by Crippen LogP contribution is -2.58. The summed E-state index contributed by atoms with van der Waals surface area (Å²) in [6.45, 7) is 13.1. The van der Waals surface area contributed by atoms with Crippen molar-refractivity contribution in [3.8, 4) is 22.3 Å². The fraction of sp³-hybridized carbons (Fsp3) is 0.460. The van der Waals surface area contributed by atoms with Crippen LogP contribution in [0.15, 0.2) is 78.3 Å². The molecule has 4 amide bonds. The Morgan fingerprint density at radius 1 is 0.940 bits per heavy atom. The van der Waals surface area contributed by atoms with Crippen LogP contribution in [0.5, 0.6) is 5.75 Å². The highest BCUT2D eigenvalue weighted by atomic mass is 32.1. The molecule has 2 fully saturated rings. The third-order valence-corrected chi connectivity index (χ3v) is 13.1. The Hall–Kier alpha value is -5.77. The van der Waals surface area contributed by atoms with Gasteiger partial charge in [-0.05, 0) is 124 Å². The van der Waals surface area contributed by atoms with Crippen LogP contribution in [0.4, 0.5) is 11.4 Å². The number of thiazole rings is 1. The molecule has 0 bridgehead atoms. The molecular formula is C50H61N7O8S2. The molecule has 17 heteroatoms. The lowest BCUT2D eigenvalue weighted by atomic mass is 9.85. The minimum absolute atomic E-state index is 0.00915. The zero-order valence-electron chi connectivity index (χ0n) is 39.1. The first-order valence-corrected chi connectivity index (χ1v) is 23.9. The zero-order chi connectivity index (χ0) is 48.3. The van der Waals surface area contributed by atoms with Crippen LogP contribution in [0.3, 0.4) is 0 Å². The van der Waals surface area contributed by atoms with E-state index in [4.69, 9.17) is 31.7 Å². The molecular weight excluding hydrogens is 891 g/mol. The summed E-state index contributed by atoms with van der Waals surface area (Å²) < 4.78 is 17.3. The van der Waals surface area contributed by atoms with Gasteiger partial charge in [-0.2, -0.15) is 5.26 Å². The molecule has 0 spiro atoms. The predicted octanol–water partition coefficient (Wildman–Crippen LogP) is 6.69. The predicted molar refractivity (Wildman–Crippen MR) is 261 cm³/mol. The molecule has 4 aromatic rings. The van der Waals surface area contributed by atoms with Crippen molar-refractivity contribution in [3.05, 3.63) is 95.1 Å². The van der Waals surface area contributed by atoms with Gasteiger partial charge in [0.15, 0.2) is 5.11 Å². The standard InChI is InChI=1S/C50H61N7O8S2/c1-33-43(67-32-53-33)36-15-11-35(12-16-36)29-52-45(60)41-27-39(58)30-55(41)46(61)44(49(2,3)4)54-42(59)31-64-25-10-24-63-23-8-7-9-26-65-40-21-19-38(20-22-40)57-48(66)56(47(62)50(57,5)6)37-17-13-34(28-51)14-18-37/h11-22,32,39,41,44,58H,7-10,23-27,29-31H2,1-6H3,(H,52,60)(H,54,59)/t39-,41+,44-/m1/s1. The van der Waals surface area contributed by atoms with Crippen molar-refractivity contribution in [3.63, 3.8) is 0 Å². The molecule has 2 aliphatic heterocycles. The highest BCUT2D eigenvalue weighted by molar-refractivity contribution is 7.81. The van der Waals surface area contributed by atoms with Crippen molar-refractivity contribution >= 4 is 63.7 Å². The first-order chi connectivity index (χ1) is 32.0. The van der Waals surface area contributed by atoms with Crippen molar-refractivity contribution in [1.82, 2.24) is 20.5 Å². The van der Waals surface area contributed by atoms with Gasteiger partial charge in [0.25, 0.3) is 5.91 Å². The summed E-state index contributed by atoms with van der Waals surface area (Å²) in [5.41, 5.74) is 5.01. The number of amides is 4. The molecule has 0 saturated carbocycles. The number of hydrogen-bond donors (Lipinski definition) is 3. The maximum Gasteiger partial charge on any atom is 0.259 e. The number of ether oxygens (including phenoxy) is 3. The number of anilines is 2. The van der Waals surface area contributed by atoms with Crippen LogP contribution in [0, 0.1) is 23.7 Å². The van der Waals surface area contributed by atoms with E-state index in [1.807, 2.05) is 100 Å². The number of carbonyl (C=O) groups excluding carboxylic acids is 4. The van der Waals surface area contributed by atoms with E-state index in [0.29, 0.717) is 55.0 Å². The molecule has 15 nitrogen and oxygen atoms in total. The van der Waals surface area contributed by atoms with Crippen molar-refractivity contribution in [1.29, 1.82) is 5.26 Å². The highest BCUT2D eigenvalue weighted by Crippen LogP contribution is 2.37. The molecule has 3 heterocycles.